The summed E-state index contributed by atoms with van der Waals surface area (Å²) < 4.78 is 0. The lowest BCUT2D eigenvalue weighted by Crippen LogP contribution is -2.71. The Morgan fingerprint density at radius 3 is 2.74 bits per heavy atom. The summed E-state index contributed by atoms with van der Waals surface area (Å²) in [6.45, 7) is 0. The number of carboxylic acid groups (broad SMARTS) is 1. The molecule has 11 nitrogen and oxygen atoms in total. The molecule has 2 atom stereocenters. The number of hydrogen-bond donors (Lipinski definition) is 3. The molecular formula is C20H20N6O5S3. The first-order chi connectivity index (χ1) is 16.4. The van der Waals surface area contributed by atoms with E-state index in [0.29, 0.717) is 16.2 Å². The normalized spacial score (nSPS) is 23.0. The quantitative estimate of drug-likeness (QED) is 0.281. The van der Waals surface area contributed by atoms with Crippen LogP contribution in [0.5, 0.6) is 0 Å². The van der Waals surface area contributed by atoms with Gasteiger partial charge in [0.1, 0.15) is 28.9 Å². The largest absolute Gasteiger partial charge is 0.477 e. The number of β-lactam (4-membered cyclic amide) rings is 1. The minimum atomic E-state index is -1.20. The van der Waals surface area contributed by atoms with Crippen LogP contribution < -0.4 is 11.1 Å². The maximum absolute atomic E-state index is 13.1. The second-order valence-electron chi connectivity index (χ2n) is 7.88. The van der Waals surface area contributed by atoms with Crippen molar-refractivity contribution in [3.05, 3.63) is 33.4 Å². The number of oxime groups is 1. The van der Waals surface area contributed by atoms with Crippen LogP contribution in [0.25, 0.3) is 5.57 Å². The lowest BCUT2D eigenvalue weighted by molar-refractivity contribution is -0.149. The van der Waals surface area contributed by atoms with Crippen molar-refractivity contribution in [1.29, 1.82) is 0 Å². The third kappa shape index (κ3) is 4.16. The van der Waals surface area contributed by atoms with E-state index in [4.69, 9.17) is 10.6 Å². The summed E-state index contributed by atoms with van der Waals surface area (Å²) in [5.41, 5.74) is 8.01. The van der Waals surface area contributed by atoms with Crippen LogP contribution in [0.4, 0.5) is 5.13 Å². The molecule has 2 fully saturated rings. The summed E-state index contributed by atoms with van der Waals surface area (Å²) in [5.74, 6) is -1.95. The maximum Gasteiger partial charge on any atom is 0.353 e. The zero-order valence-corrected chi connectivity index (χ0v) is 20.1. The van der Waals surface area contributed by atoms with Crippen LogP contribution in [0.1, 0.15) is 36.3 Å². The lowest BCUT2D eigenvalue weighted by Gasteiger charge is -2.49. The van der Waals surface area contributed by atoms with Gasteiger partial charge in [-0.15, -0.1) is 34.4 Å². The Kier molecular flexibility index (Phi) is 6.27. The number of nitrogens with one attached hydrogen (secondary N) is 1. The van der Waals surface area contributed by atoms with E-state index in [9.17, 15) is 19.5 Å². The Bertz CT molecular complexity index is 1190. The van der Waals surface area contributed by atoms with E-state index in [1.54, 1.807) is 17.1 Å². The molecule has 2 aromatic rings. The van der Waals surface area contributed by atoms with Crippen LogP contribution in [0.15, 0.2) is 27.9 Å². The fourth-order valence-electron chi connectivity index (χ4n) is 4.10. The van der Waals surface area contributed by atoms with E-state index in [-0.39, 0.29) is 28.3 Å². The van der Waals surface area contributed by atoms with Gasteiger partial charge >= 0.3 is 5.97 Å². The predicted molar refractivity (Wildman–Crippen MR) is 128 cm³/mol. The number of rotatable bonds is 7. The molecule has 2 aliphatic heterocycles. The van der Waals surface area contributed by atoms with Gasteiger partial charge in [0.2, 0.25) is 0 Å². The molecule has 0 unspecified atom stereocenters. The number of carbonyl (C=O) groups is 3. The number of anilines is 1. The second kappa shape index (κ2) is 9.35. The molecule has 0 spiro atoms. The van der Waals surface area contributed by atoms with Gasteiger partial charge in [-0.05, 0) is 25.7 Å². The first-order valence-corrected chi connectivity index (χ1v) is 13.3. The number of amides is 2. The molecule has 4 N–H and O–H groups in total. The highest BCUT2D eigenvalue weighted by molar-refractivity contribution is 8.00. The third-order valence-electron chi connectivity index (χ3n) is 5.76. The molecule has 14 heteroatoms. The van der Waals surface area contributed by atoms with Gasteiger partial charge in [0.05, 0.1) is 10.4 Å². The minimum Gasteiger partial charge on any atom is -0.477 e. The minimum absolute atomic E-state index is 0.0636. The van der Waals surface area contributed by atoms with Crippen molar-refractivity contribution in [2.45, 2.75) is 43.2 Å². The van der Waals surface area contributed by atoms with Crippen molar-refractivity contribution in [3.63, 3.8) is 0 Å². The van der Waals surface area contributed by atoms with Crippen molar-refractivity contribution in [2.24, 2.45) is 5.16 Å². The highest BCUT2D eigenvalue weighted by atomic mass is 32.2. The van der Waals surface area contributed by atoms with Gasteiger partial charge in [0.15, 0.2) is 10.8 Å². The van der Waals surface area contributed by atoms with Crippen LogP contribution in [0.2, 0.25) is 0 Å². The zero-order valence-electron chi connectivity index (χ0n) is 17.7. The van der Waals surface area contributed by atoms with E-state index in [1.807, 2.05) is 0 Å². The van der Waals surface area contributed by atoms with Crippen LogP contribution in [0.3, 0.4) is 0 Å². The summed E-state index contributed by atoms with van der Waals surface area (Å²) in [4.78, 5) is 53.8. The summed E-state index contributed by atoms with van der Waals surface area (Å²) in [6.07, 6.45) is 5.32. The van der Waals surface area contributed by atoms with E-state index in [1.165, 1.54) is 28.0 Å². The third-order valence-corrected chi connectivity index (χ3v) is 8.55. The number of hydrogen-bond acceptors (Lipinski definition) is 11. The van der Waals surface area contributed by atoms with Crippen molar-refractivity contribution < 1.29 is 24.3 Å². The molecule has 2 amide bonds. The SMILES string of the molecule is Nc1nc(/C(=N/OC2CCCC2)C(=O)N[C@@H]2C(=O)N3C(C(=O)O)=C(c4cncs4)CS[C@H]23)cs1. The summed E-state index contributed by atoms with van der Waals surface area (Å²) in [6, 6.07) is -0.900. The number of carbonyl (C=O) groups excluding carboxylic acids is 2. The number of thioether (sulfide) groups is 1. The van der Waals surface area contributed by atoms with Crippen molar-refractivity contribution >= 4 is 68.6 Å². The van der Waals surface area contributed by atoms with Gasteiger partial charge in [0, 0.05) is 22.9 Å². The molecule has 178 valence electrons. The molecule has 1 saturated heterocycles. The average molecular weight is 521 g/mol. The molecule has 0 aromatic carbocycles. The lowest BCUT2D eigenvalue weighted by atomic mass is 10.0. The number of nitrogens with zero attached hydrogens (tertiary/aromatic N) is 4. The summed E-state index contributed by atoms with van der Waals surface area (Å²) in [7, 11) is 0. The van der Waals surface area contributed by atoms with Gasteiger partial charge in [0.25, 0.3) is 11.8 Å². The smallest absolute Gasteiger partial charge is 0.353 e. The van der Waals surface area contributed by atoms with Crippen LogP contribution in [-0.2, 0) is 19.2 Å². The van der Waals surface area contributed by atoms with Gasteiger partial charge in [-0.1, -0.05) is 5.16 Å². The topological polar surface area (TPSA) is 160 Å². The molecule has 0 radical (unpaired) electrons. The molecule has 2 aromatic heterocycles. The maximum atomic E-state index is 13.1. The summed E-state index contributed by atoms with van der Waals surface area (Å²) in [5, 5.41) is 17.9. The van der Waals surface area contributed by atoms with E-state index in [2.05, 4.69) is 20.4 Å². The van der Waals surface area contributed by atoms with Crippen LogP contribution in [-0.4, -0.2) is 66.7 Å². The Hall–Kier alpha value is -2.97. The van der Waals surface area contributed by atoms with Gasteiger partial charge < -0.3 is 21.0 Å². The van der Waals surface area contributed by atoms with Crippen molar-refractivity contribution in [2.75, 3.05) is 11.5 Å². The molecule has 34 heavy (non-hydrogen) atoms. The van der Waals surface area contributed by atoms with E-state index < -0.39 is 29.2 Å². The number of fused-ring (bicyclic) bond motifs is 1. The second-order valence-corrected chi connectivity index (χ2v) is 10.8. The fourth-order valence-corrected chi connectivity index (χ4v) is 6.78. The molecule has 4 heterocycles. The van der Waals surface area contributed by atoms with Crippen molar-refractivity contribution in [3.8, 4) is 0 Å². The Morgan fingerprint density at radius 1 is 1.29 bits per heavy atom. The fraction of sp³-hybridized carbons (Fsp3) is 0.400. The first-order valence-electron chi connectivity index (χ1n) is 10.5. The number of aliphatic carboxylic acids is 1. The Morgan fingerprint density at radius 2 is 2.09 bits per heavy atom. The number of carboxylic acids is 1. The molecule has 3 aliphatic rings. The highest BCUT2D eigenvalue weighted by Gasteiger charge is 2.54. The Balaban J connectivity index is 1.36. The Labute approximate surface area is 206 Å². The molecular weight excluding hydrogens is 500 g/mol. The summed E-state index contributed by atoms with van der Waals surface area (Å²) >= 11 is 3.86. The molecule has 1 saturated carbocycles. The number of nitrogen functional groups attached to an aromatic ring is 1. The van der Waals surface area contributed by atoms with E-state index in [0.717, 1.165) is 37.0 Å². The van der Waals surface area contributed by atoms with Gasteiger partial charge in [-0.2, -0.15) is 0 Å². The van der Waals surface area contributed by atoms with Gasteiger partial charge in [-0.25, -0.2) is 9.78 Å². The number of thiazole rings is 2. The monoisotopic (exact) mass is 520 g/mol. The van der Waals surface area contributed by atoms with Crippen LogP contribution in [0, 0.1) is 0 Å². The predicted octanol–water partition coefficient (Wildman–Crippen LogP) is 1.74. The number of aromatic nitrogens is 2. The zero-order chi connectivity index (χ0) is 23.8. The number of nitrogens with two attached hydrogens (primary N) is 1. The first kappa shape index (κ1) is 22.8. The van der Waals surface area contributed by atoms with E-state index >= 15 is 0 Å². The van der Waals surface area contributed by atoms with Crippen LogP contribution >= 0.6 is 34.4 Å². The average Bonchev–Trinajstić information content (AvgIpc) is 3.60. The van der Waals surface area contributed by atoms with Gasteiger partial charge in [-0.3, -0.25) is 19.5 Å². The standard InChI is InChI=1S/C20H20N6O5S3/c21-20-23-11(7-33-20)13(25-31-9-3-1-2-4-9)16(27)24-14-17(28)26-15(19(29)30)10(6-32-18(14)26)12-5-22-8-34-12/h5,7-9,14,18H,1-4,6H2,(H2,21,23)(H,24,27)(H,29,30)/b25-13-/t14-,18-/m1/s1. The van der Waals surface area contributed by atoms with Crippen molar-refractivity contribution in [1.82, 2.24) is 20.2 Å². The highest BCUT2D eigenvalue weighted by Crippen LogP contribution is 2.43. The molecule has 1 aliphatic carbocycles. The molecule has 0 bridgehead atoms. The molecule has 5 rings (SSSR count).